The third kappa shape index (κ3) is 3.76. The lowest BCUT2D eigenvalue weighted by atomic mass is 9.74. The van der Waals surface area contributed by atoms with Gasteiger partial charge in [-0.2, -0.15) is 0 Å². The molecule has 0 bridgehead atoms. The zero-order chi connectivity index (χ0) is 14.7. The molecule has 1 N–H and O–H groups in total. The summed E-state index contributed by atoms with van der Waals surface area (Å²) in [7, 11) is 2.40. The fourth-order valence-electron chi connectivity index (χ4n) is 4.88. The van der Waals surface area contributed by atoms with E-state index in [0.29, 0.717) is 6.04 Å². The van der Waals surface area contributed by atoms with E-state index in [4.69, 9.17) is 0 Å². The van der Waals surface area contributed by atoms with Crippen LogP contribution < -0.4 is 5.32 Å². The summed E-state index contributed by atoms with van der Waals surface area (Å²) in [6.07, 6.45) is 8.44. The third-order valence-corrected chi connectivity index (χ3v) is 5.92. The Bertz CT molecular complexity index is 283. The molecule has 4 unspecified atom stereocenters. The fourth-order valence-corrected chi connectivity index (χ4v) is 4.88. The standard InChI is InChI=1S/C18H36N2/c1-6-19-17-12-14(3)11-15(4)18(17)20(5)16-9-7-13(2)8-10-16/h13-19H,6-12H2,1-5H3. The zero-order valence-electron chi connectivity index (χ0n) is 14.4. The number of hydrogen-bond donors (Lipinski definition) is 1. The molecule has 2 saturated carbocycles. The van der Waals surface area contributed by atoms with E-state index in [-0.39, 0.29) is 0 Å². The van der Waals surface area contributed by atoms with Crippen molar-refractivity contribution in [1.29, 1.82) is 0 Å². The minimum atomic E-state index is 0.697. The van der Waals surface area contributed by atoms with Gasteiger partial charge in [0.05, 0.1) is 0 Å². The Hall–Kier alpha value is -0.0800. The Balaban J connectivity index is 2.02. The van der Waals surface area contributed by atoms with E-state index in [1.807, 2.05) is 0 Å². The molecule has 0 aromatic rings. The van der Waals surface area contributed by atoms with Crippen LogP contribution in [0.1, 0.15) is 66.2 Å². The van der Waals surface area contributed by atoms with E-state index < -0.39 is 0 Å². The van der Waals surface area contributed by atoms with E-state index >= 15 is 0 Å². The second-order valence-electron chi connectivity index (χ2n) is 7.79. The first-order chi connectivity index (χ1) is 9.52. The van der Waals surface area contributed by atoms with Crippen molar-refractivity contribution in [2.45, 2.75) is 84.3 Å². The normalized spacial score (nSPS) is 42.9. The molecule has 4 atom stereocenters. The molecule has 2 aliphatic rings. The van der Waals surface area contributed by atoms with Crippen LogP contribution in [-0.4, -0.2) is 36.6 Å². The predicted octanol–water partition coefficient (Wildman–Crippen LogP) is 3.91. The van der Waals surface area contributed by atoms with E-state index in [1.165, 1.54) is 38.5 Å². The monoisotopic (exact) mass is 280 g/mol. The average molecular weight is 281 g/mol. The fraction of sp³-hybridized carbons (Fsp3) is 1.00. The van der Waals surface area contributed by atoms with Crippen molar-refractivity contribution in [3.63, 3.8) is 0 Å². The molecule has 2 aliphatic carbocycles. The minimum absolute atomic E-state index is 0.697. The molecule has 2 heteroatoms. The Labute approximate surface area is 126 Å². The van der Waals surface area contributed by atoms with Crippen LogP contribution >= 0.6 is 0 Å². The highest BCUT2D eigenvalue weighted by molar-refractivity contribution is 4.95. The van der Waals surface area contributed by atoms with E-state index in [9.17, 15) is 0 Å². The van der Waals surface area contributed by atoms with Gasteiger partial charge in [0.1, 0.15) is 0 Å². The second-order valence-corrected chi connectivity index (χ2v) is 7.79. The van der Waals surface area contributed by atoms with Crippen LogP contribution in [0.5, 0.6) is 0 Å². The van der Waals surface area contributed by atoms with Gasteiger partial charge in [-0.3, -0.25) is 4.90 Å². The summed E-state index contributed by atoms with van der Waals surface area (Å²) in [5, 5.41) is 3.78. The molecule has 0 radical (unpaired) electrons. The topological polar surface area (TPSA) is 15.3 Å². The molecule has 20 heavy (non-hydrogen) atoms. The molecule has 0 heterocycles. The molecule has 0 aliphatic heterocycles. The zero-order valence-corrected chi connectivity index (χ0v) is 14.4. The van der Waals surface area contributed by atoms with Crippen LogP contribution in [0.2, 0.25) is 0 Å². The van der Waals surface area contributed by atoms with E-state index in [2.05, 4.69) is 45.0 Å². The van der Waals surface area contributed by atoms with Crippen molar-refractivity contribution in [3.8, 4) is 0 Å². The summed E-state index contributed by atoms with van der Waals surface area (Å²) in [6, 6.07) is 2.26. The first kappa shape index (κ1) is 16.3. The van der Waals surface area contributed by atoms with Crippen LogP contribution in [0.4, 0.5) is 0 Å². The molecule has 0 spiro atoms. The van der Waals surface area contributed by atoms with Crippen molar-refractivity contribution in [2.24, 2.45) is 17.8 Å². The Morgan fingerprint density at radius 1 is 0.950 bits per heavy atom. The average Bonchev–Trinajstić information content (AvgIpc) is 2.38. The summed E-state index contributed by atoms with van der Waals surface area (Å²) in [6.45, 7) is 10.7. The maximum atomic E-state index is 3.78. The van der Waals surface area contributed by atoms with Gasteiger partial charge in [0.2, 0.25) is 0 Å². The first-order valence-corrected chi connectivity index (χ1v) is 8.98. The molecule has 2 fully saturated rings. The van der Waals surface area contributed by atoms with Crippen molar-refractivity contribution in [1.82, 2.24) is 10.2 Å². The first-order valence-electron chi connectivity index (χ1n) is 8.98. The van der Waals surface area contributed by atoms with E-state index in [1.54, 1.807) is 0 Å². The Morgan fingerprint density at radius 3 is 2.20 bits per heavy atom. The summed E-state index contributed by atoms with van der Waals surface area (Å²) in [5.41, 5.74) is 0. The van der Waals surface area contributed by atoms with Crippen LogP contribution in [0.3, 0.4) is 0 Å². The lowest BCUT2D eigenvalue weighted by Crippen LogP contribution is -2.58. The second kappa shape index (κ2) is 7.26. The van der Waals surface area contributed by atoms with Gasteiger partial charge < -0.3 is 5.32 Å². The smallest absolute Gasteiger partial charge is 0.0274 e. The van der Waals surface area contributed by atoms with Gasteiger partial charge in [0, 0.05) is 18.1 Å². The third-order valence-electron chi connectivity index (χ3n) is 5.92. The van der Waals surface area contributed by atoms with Crippen LogP contribution in [-0.2, 0) is 0 Å². The molecule has 0 aromatic heterocycles. The van der Waals surface area contributed by atoms with Crippen LogP contribution in [0, 0.1) is 17.8 Å². The highest BCUT2D eigenvalue weighted by Crippen LogP contribution is 2.35. The van der Waals surface area contributed by atoms with Gasteiger partial charge in [-0.1, -0.05) is 27.7 Å². The Morgan fingerprint density at radius 2 is 1.60 bits per heavy atom. The van der Waals surface area contributed by atoms with Gasteiger partial charge in [-0.25, -0.2) is 0 Å². The molecular formula is C18H36N2. The molecule has 2 nitrogen and oxygen atoms in total. The number of nitrogens with one attached hydrogen (secondary N) is 1. The highest BCUT2D eigenvalue weighted by Gasteiger charge is 2.38. The lowest BCUT2D eigenvalue weighted by Gasteiger charge is -2.48. The molecule has 0 aromatic carbocycles. The van der Waals surface area contributed by atoms with Crippen molar-refractivity contribution in [3.05, 3.63) is 0 Å². The summed E-state index contributed by atoms with van der Waals surface area (Å²) in [5.74, 6) is 2.66. The molecule has 0 amide bonds. The number of likely N-dealkylation sites (N-methyl/N-ethyl adjacent to an activating group) is 2. The van der Waals surface area contributed by atoms with E-state index in [0.717, 1.165) is 36.4 Å². The van der Waals surface area contributed by atoms with Gasteiger partial charge in [-0.15, -0.1) is 0 Å². The van der Waals surface area contributed by atoms with Crippen LogP contribution in [0.15, 0.2) is 0 Å². The summed E-state index contributed by atoms with van der Waals surface area (Å²) < 4.78 is 0. The molecule has 118 valence electrons. The van der Waals surface area contributed by atoms with Crippen molar-refractivity contribution in [2.75, 3.05) is 13.6 Å². The van der Waals surface area contributed by atoms with Gasteiger partial charge >= 0.3 is 0 Å². The van der Waals surface area contributed by atoms with Crippen LogP contribution in [0.25, 0.3) is 0 Å². The number of hydrogen-bond acceptors (Lipinski definition) is 2. The molecule has 0 saturated heterocycles. The maximum absolute atomic E-state index is 3.78. The molecular weight excluding hydrogens is 244 g/mol. The largest absolute Gasteiger partial charge is 0.313 e. The SMILES string of the molecule is CCNC1CC(C)CC(C)C1N(C)C1CCC(C)CC1. The summed E-state index contributed by atoms with van der Waals surface area (Å²) in [4.78, 5) is 2.76. The minimum Gasteiger partial charge on any atom is -0.313 e. The molecule has 2 rings (SSSR count). The Kier molecular flexibility index (Phi) is 5.92. The van der Waals surface area contributed by atoms with Crippen molar-refractivity contribution >= 4 is 0 Å². The van der Waals surface area contributed by atoms with Gasteiger partial charge in [0.25, 0.3) is 0 Å². The highest BCUT2D eigenvalue weighted by atomic mass is 15.2. The number of rotatable bonds is 4. The maximum Gasteiger partial charge on any atom is 0.0274 e. The lowest BCUT2D eigenvalue weighted by molar-refractivity contribution is 0.0339. The predicted molar refractivity (Wildman–Crippen MR) is 88.0 cm³/mol. The summed E-state index contributed by atoms with van der Waals surface area (Å²) >= 11 is 0. The number of nitrogens with zero attached hydrogens (tertiary/aromatic N) is 1. The van der Waals surface area contributed by atoms with Gasteiger partial charge in [-0.05, 0) is 69.9 Å². The quantitative estimate of drug-likeness (QED) is 0.840. The van der Waals surface area contributed by atoms with Gasteiger partial charge in [0.15, 0.2) is 0 Å². The van der Waals surface area contributed by atoms with Crippen molar-refractivity contribution < 1.29 is 0 Å².